The van der Waals surface area contributed by atoms with Gasteiger partial charge >= 0.3 is 6.03 Å². The third-order valence-corrected chi connectivity index (χ3v) is 4.66. The number of hydrogen-bond acceptors (Lipinski definition) is 4. The van der Waals surface area contributed by atoms with Crippen LogP contribution >= 0.6 is 22.9 Å². The summed E-state index contributed by atoms with van der Waals surface area (Å²) >= 11 is 7.22. The number of imide groups is 1. The summed E-state index contributed by atoms with van der Waals surface area (Å²) in [5.74, 6) is -0.548. The molecule has 0 aliphatic carbocycles. The van der Waals surface area contributed by atoms with Crippen LogP contribution in [0.2, 0.25) is 4.34 Å². The Labute approximate surface area is 153 Å². The Kier molecular flexibility index (Phi) is 5.16. The molecule has 8 heteroatoms. The van der Waals surface area contributed by atoms with Gasteiger partial charge in [0.05, 0.1) is 17.4 Å². The van der Waals surface area contributed by atoms with Gasteiger partial charge in [0.2, 0.25) is 11.8 Å². The number of anilines is 1. The maximum absolute atomic E-state index is 12.0. The highest BCUT2D eigenvalue weighted by Crippen LogP contribution is 2.22. The zero-order valence-electron chi connectivity index (χ0n) is 13.0. The van der Waals surface area contributed by atoms with Gasteiger partial charge < -0.3 is 10.6 Å². The van der Waals surface area contributed by atoms with E-state index in [1.807, 2.05) is 6.07 Å². The van der Waals surface area contributed by atoms with Gasteiger partial charge in [0.1, 0.15) is 0 Å². The molecule has 0 unspecified atom stereocenters. The van der Waals surface area contributed by atoms with Crippen LogP contribution in [0.5, 0.6) is 0 Å². The minimum Gasteiger partial charge on any atom is -0.329 e. The predicted octanol–water partition coefficient (Wildman–Crippen LogP) is 3.11. The quantitative estimate of drug-likeness (QED) is 0.622. The van der Waals surface area contributed by atoms with Crippen molar-refractivity contribution in [2.24, 2.45) is 0 Å². The van der Waals surface area contributed by atoms with Gasteiger partial charge in [0, 0.05) is 16.6 Å². The SMILES string of the molecule is O=C(/C=C/c1ccc(Cl)s1)Nc1cccc(CN2C(=O)CNC2=O)c1. The number of carbonyl (C=O) groups is 3. The molecule has 0 spiro atoms. The molecule has 1 fully saturated rings. The molecule has 1 aromatic carbocycles. The first-order chi connectivity index (χ1) is 12.0. The Morgan fingerprint density at radius 1 is 1.32 bits per heavy atom. The highest BCUT2D eigenvalue weighted by Gasteiger charge is 2.28. The second-order valence-electron chi connectivity index (χ2n) is 5.30. The van der Waals surface area contributed by atoms with Crippen LogP contribution in [-0.2, 0) is 16.1 Å². The molecule has 0 saturated carbocycles. The monoisotopic (exact) mass is 375 g/mol. The van der Waals surface area contributed by atoms with E-state index in [0.717, 1.165) is 15.3 Å². The molecule has 128 valence electrons. The summed E-state index contributed by atoms with van der Waals surface area (Å²) in [7, 11) is 0. The molecule has 4 amide bonds. The van der Waals surface area contributed by atoms with Crippen molar-refractivity contribution in [2.45, 2.75) is 6.54 Å². The zero-order chi connectivity index (χ0) is 17.8. The van der Waals surface area contributed by atoms with Crippen molar-refractivity contribution in [3.63, 3.8) is 0 Å². The number of urea groups is 1. The molecule has 2 N–H and O–H groups in total. The number of rotatable bonds is 5. The number of benzene rings is 1. The van der Waals surface area contributed by atoms with E-state index in [4.69, 9.17) is 11.6 Å². The largest absolute Gasteiger partial charge is 0.329 e. The minimum absolute atomic E-state index is 0.0206. The Balaban J connectivity index is 1.63. The number of nitrogens with zero attached hydrogens (tertiary/aromatic N) is 1. The highest BCUT2D eigenvalue weighted by atomic mass is 35.5. The van der Waals surface area contributed by atoms with Crippen LogP contribution in [0.15, 0.2) is 42.5 Å². The molecular formula is C17H14ClN3O3S. The molecular weight excluding hydrogens is 362 g/mol. The van der Waals surface area contributed by atoms with E-state index >= 15 is 0 Å². The third kappa shape index (κ3) is 4.46. The average Bonchev–Trinajstić information content (AvgIpc) is 3.13. The number of carbonyl (C=O) groups excluding carboxylic acids is 3. The van der Waals surface area contributed by atoms with E-state index in [0.29, 0.717) is 10.0 Å². The molecule has 1 saturated heterocycles. The maximum atomic E-state index is 12.0. The first-order valence-electron chi connectivity index (χ1n) is 7.43. The molecule has 0 atom stereocenters. The Morgan fingerprint density at radius 3 is 2.84 bits per heavy atom. The molecule has 1 aliphatic rings. The van der Waals surface area contributed by atoms with Gasteiger partial charge in [0.15, 0.2) is 0 Å². The average molecular weight is 376 g/mol. The van der Waals surface area contributed by atoms with Crippen LogP contribution in [-0.4, -0.2) is 29.3 Å². The second kappa shape index (κ2) is 7.50. The number of hydrogen-bond donors (Lipinski definition) is 2. The fourth-order valence-corrected chi connectivity index (χ4v) is 3.27. The van der Waals surface area contributed by atoms with E-state index in [-0.39, 0.29) is 24.9 Å². The van der Waals surface area contributed by atoms with Crippen molar-refractivity contribution >= 4 is 52.5 Å². The van der Waals surface area contributed by atoms with Crippen molar-refractivity contribution in [1.82, 2.24) is 10.2 Å². The van der Waals surface area contributed by atoms with Crippen LogP contribution < -0.4 is 10.6 Å². The zero-order valence-corrected chi connectivity index (χ0v) is 14.6. The first kappa shape index (κ1) is 17.2. The fourth-order valence-electron chi connectivity index (χ4n) is 2.30. The Hall–Kier alpha value is -2.64. The van der Waals surface area contributed by atoms with Crippen LogP contribution in [0.25, 0.3) is 6.08 Å². The molecule has 1 aromatic heterocycles. The Bertz CT molecular complexity index is 846. The lowest BCUT2D eigenvalue weighted by atomic mass is 10.2. The van der Waals surface area contributed by atoms with Crippen molar-refractivity contribution < 1.29 is 14.4 Å². The van der Waals surface area contributed by atoms with Gasteiger partial charge in [-0.2, -0.15) is 0 Å². The van der Waals surface area contributed by atoms with E-state index in [9.17, 15) is 14.4 Å². The summed E-state index contributed by atoms with van der Waals surface area (Å²) in [6, 6.07) is 10.2. The van der Waals surface area contributed by atoms with E-state index in [1.165, 1.54) is 17.4 Å². The van der Waals surface area contributed by atoms with Gasteiger partial charge in [0.25, 0.3) is 0 Å². The van der Waals surface area contributed by atoms with Gasteiger partial charge in [-0.25, -0.2) is 4.79 Å². The van der Waals surface area contributed by atoms with Crippen LogP contribution in [0.4, 0.5) is 10.5 Å². The van der Waals surface area contributed by atoms with Crippen molar-refractivity contribution in [3.05, 3.63) is 57.3 Å². The number of nitrogens with one attached hydrogen (secondary N) is 2. The van der Waals surface area contributed by atoms with Crippen molar-refractivity contribution in [1.29, 1.82) is 0 Å². The summed E-state index contributed by atoms with van der Waals surface area (Å²) in [6.45, 7) is 0.185. The molecule has 1 aliphatic heterocycles. The van der Waals surface area contributed by atoms with Gasteiger partial charge in [-0.3, -0.25) is 14.5 Å². The normalized spacial score (nSPS) is 14.2. The summed E-state index contributed by atoms with van der Waals surface area (Å²) in [6.07, 6.45) is 3.11. The lowest BCUT2D eigenvalue weighted by molar-refractivity contribution is -0.125. The second-order valence-corrected chi connectivity index (χ2v) is 7.05. The molecule has 6 nitrogen and oxygen atoms in total. The highest BCUT2D eigenvalue weighted by molar-refractivity contribution is 7.17. The molecule has 2 aromatic rings. The summed E-state index contributed by atoms with van der Waals surface area (Å²) < 4.78 is 0.660. The maximum Gasteiger partial charge on any atom is 0.324 e. The van der Waals surface area contributed by atoms with E-state index in [2.05, 4.69) is 10.6 Å². The fraction of sp³-hybridized carbons (Fsp3) is 0.118. The third-order valence-electron chi connectivity index (χ3n) is 3.47. The van der Waals surface area contributed by atoms with Crippen LogP contribution in [0, 0.1) is 0 Å². The molecule has 25 heavy (non-hydrogen) atoms. The van der Waals surface area contributed by atoms with Gasteiger partial charge in [-0.05, 0) is 35.9 Å². The molecule has 2 heterocycles. The summed E-state index contributed by atoms with van der Waals surface area (Å²) in [5, 5.41) is 5.22. The van der Waals surface area contributed by atoms with Crippen molar-refractivity contribution in [3.8, 4) is 0 Å². The molecule has 3 rings (SSSR count). The first-order valence-corrected chi connectivity index (χ1v) is 8.62. The van der Waals surface area contributed by atoms with Crippen molar-refractivity contribution in [2.75, 3.05) is 11.9 Å². The number of amides is 4. The lowest BCUT2D eigenvalue weighted by Gasteiger charge is -2.13. The number of thiophene rings is 1. The topological polar surface area (TPSA) is 78.5 Å². The molecule has 0 bridgehead atoms. The standard InChI is InChI=1S/C17H14ClN3O3S/c18-14-6-4-13(25-14)5-7-15(22)20-12-3-1-2-11(8-12)10-21-16(23)9-19-17(21)24/h1-8H,9-10H2,(H,19,24)(H,20,22)/b7-5+. The lowest BCUT2D eigenvalue weighted by Crippen LogP contribution is -2.30. The summed E-state index contributed by atoms with van der Waals surface area (Å²) in [5.41, 5.74) is 1.33. The van der Waals surface area contributed by atoms with E-state index < -0.39 is 6.03 Å². The van der Waals surface area contributed by atoms with Crippen LogP contribution in [0.3, 0.4) is 0 Å². The van der Waals surface area contributed by atoms with Gasteiger partial charge in [-0.15, -0.1) is 11.3 Å². The number of halogens is 1. The molecule has 0 radical (unpaired) electrons. The predicted molar refractivity (Wildman–Crippen MR) is 97.4 cm³/mol. The van der Waals surface area contributed by atoms with E-state index in [1.54, 1.807) is 36.4 Å². The summed E-state index contributed by atoms with van der Waals surface area (Å²) in [4.78, 5) is 37.2. The Morgan fingerprint density at radius 2 is 2.16 bits per heavy atom. The van der Waals surface area contributed by atoms with Crippen LogP contribution in [0.1, 0.15) is 10.4 Å². The smallest absolute Gasteiger partial charge is 0.324 e. The van der Waals surface area contributed by atoms with Gasteiger partial charge in [-0.1, -0.05) is 23.7 Å². The minimum atomic E-state index is -0.406.